The van der Waals surface area contributed by atoms with Gasteiger partial charge in [-0.05, 0) is 0 Å². The summed E-state index contributed by atoms with van der Waals surface area (Å²) in [5.41, 5.74) is 0. The molecule has 0 amide bonds. The number of hydrogen-bond donors (Lipinski definition) is 0. The maximum Gasteiger partial charge on any atom is 0 e. The van der Waals surface area contributed by atoms with Gasteiger partial charge in [0.15, 0.2) is 17.4 Å². The van der Waals surface area contributed by atoms with Gasteiger partial charge in [-0.3, -0.25) is 0 Å². The number of hydrogen-bond acceptors (Lipinski definition) is 0. The van der Waals surface area contributed by atoms with E-state index in [4.69, 9.17) is 0 Å². The summed E-state index contributed by atoms with van der Waals surface area (Å²) < 4.78 is 0. The van der Waals surface area contributed by atoms with Crippen LogP contribution >= 0.6 is 0 Å². The van der Waals surface area contributed by atoms with Gasteiger partial charge in [-0.25, -0.2) is 0 Å². The third-order valence-corrected chi connectivity index (χ3v) is 0. The Kier molecular flexibility index (Phi) is 246. The maximum atomic E-state index is 2.53. The second kappa shape index (κ2) is 48.3. The molecule has 9 heteroatoms. The van der Waals surface area contributed by atoms with Crippen molar-refractivity contribution in [3.05, 3.63) is 0 Å². The van der Waals surface area contributed by atoms with Crippen LogP contribution in [0.25, 0.3) is 0 Å². The molecule has 0 bridgehead atoms. The molecule has 64 valence electrons. The van der Waals surface area contributed by atoms with Gasteiger partial charge in [0.1, 0.15) is 0 Å². The second-order valence-corrected chi connectivity index (χ2v) is 12.6. The average Bonchev–Trinajstić information content (AvgIpc) is 0.918. The minimum atomic E-state index is 0. The van der Waals surface area contributed by atoms with Gasteiger partial charge in [-0.2, -0.15) is 0 Å². The molecule has 0 aromatic rings. The summed E-state index contributed by atoms with van der Waals surface area (Å²) >= 11 is 5.44. The molecular weight excluding hydrogens is 913 g/mol. The summed E-state index contributed by atoms with van der Waals surface area (Å²) in [7, 11) is 0. The fraction of sp³-hybridized carbons (Fsp3) is 0. The monoisotopic (exact) mass is 917 g/mol. The third-order valence-electron chi connectivity index (χ3n) is 0. The van der Waals surface area contributed by atoms with Crippen molar-refractivity contribution in [2.75, 3.05) is 0 Å². The first-order valence-electron chi connectivity index (χ1n) is 0.302. The van der Waals surface area contributed by atoms with E-state index in [-0.39, 0.29) is 119 Å². The largest absolute Gasteiger partial charge is 0 e. The van der Waals surface area contributed by atoms with Crippen LogP contribution in [-0.4, -0.2) is 17.4 Å². The SMILES string of the molecule is [AlH3].[Au][Ti][Au].[Cr].[Pt].[Ru].[Ti].[Ti]. The van der Waals surface area contributed by atoms with Gasteiger partial charge in [0.05, 0.1) is 0 Å². The van der Waals surface area contributed by atoms with E-state index in [0.717, 1.165) is 0 Å². The zero-order valence-corrected chi connectivity index (χ0v) is 17.5. The first-order chi connectivity index (χ1) is 1.41. The Labute approximate surface area is 162 Å². The minimum absolute atomic E-state index is 0. The Balaban J connectivity index is -0.00000000133. The second-order valence-electron chi connectivity index (χ2n) is 0.0455. The van der Waals surface area contributed by atoms with Crippen molar-refractivity contribution in [1.29, 1.82) is 0 Å². The van der Waals surface area contributed by atoms with Gasteiger partial charge in [0.25, 0.3) is 0 Å². The Bertz CT molecular complexity index is 21.8. The predicted molar refractivity (Wildman–Crippen MR) is 9.94 cm³/mol. The van der Waals surface area contributed by atoms with Crippen LogP contribution in [0, 0.1) is 0 Å². The van der Waals surface area contributed by atoms with Gasteiger partial charge in [0, 0.05) is 101 Å². The van der Waals surface area contributed by atoms with Crippen LogP contribution in [-0.2, 0) is 149 Å². The Morgan fingerprint density at radius 1 is 1.00 bits per heavy atom. The van der Waals surface area contributed by atoms with Crippen molar-refractivity contribution in [2.24, 2.45) is 0 Å². The van der Waals surface area contributed by atoms with Gasteiger partial charge < -0.3 is 0 Å². The summed E-state index contributed by atoms with van der Waals surface area (Å²) in [4.78, 5) is 0. The zero-order chi connectivity index (χ0) is 2.71. The normalized spacial score (nSPS) is 1.78. The first-order valence-corrected chi connectivity index (χ1v) is 10.2. The van der Waals surface area contributed by atoms with Crippen LogP contribution in [0.2, 0.25) is 0 Å². The molecule has 0 radical (unpaired) electrons. The zero-order valence-electron chi connectivity index (χ0n) is 3.18. The van der Waals surface area contributed by atoms with Crippen LogP contribution in [0.5, 0.6) is 0 Å². The molecule has 0 fully saturated rings. The summed E-state index contributed by atoms with van der Waals surface area (Å²) in [6.45, 7) is 0. The van der Waals surface area contributed by atoms with E-state index in [0.29, 0.717) is 12.4 Å². The van der Waals surface area contributed by atoms with E-state index in [1.54, 1.807) is 0 Å². The van der Waals surface area contributed by atoms with Gasteiger partial charge in [-0.15, -0.1) is 0 Å². The quantitative estimate of drug-likeness (QED) is 0.269. The summed E-state index contributed by atoms with van der Waals surface area (Å²) in [5.74, 6) is 0. The summed E-state index contributed by atoms with van der Waals surface area (Å²) in [6, 6.07) is 0. The molecule has 0 N–H and O–H groups in total. The van der Waals surface area contributed by atoms with Crippen molar-refractivity contribution >= 4 is 17.4 Å². The smallest absolute Gasteiger partial charge is 0 e. The standard InChI is InChI=1S/Al.2Au.Cr.Pt.Ru.3Ti.3H. The first kappa shape index (κ1) is 45.9. The van der Waals surface area contributed by atoms with Crippen LogP contribution in [0.15, 0.2) is 0 Å². The van der Waals surface area contributed by atoms with E-state index in [9.17, 15) is 0 Å². The van der Waals surface area contributed by atoms with E-state index >= 15 is 0 Å². The van der Waals surface area contributed by atoms with Crippen molar-refractivity contribution in [2.45, 2.75) is 0 Å². The van der Waals surface area contributed by atoms with Crippen molar-refractivity contribution < 1.29 is 149 Å². The number of rotatable bonds is 0. The van der Waals surface area contributed by atoms with E-state index < -0.39 is 0 Å². The van der Waals surface area contributed by atoms with Crippen molar-refractivity contribution in [3.63, 3.8) is 0 Å². The Hall–Kier alpha value is 6.00. The maximum absolute atomic E-state index is 2.53. The molecule has 0 spiro atoms. The minimum Gasteiger partial charge on any atom is 0 e. The molecule has 0 aliphatic carbocycles. The molecule has 0 heterocycles. The molecule has 0 saturated carbocycles. The molecule has 0 aromatic heterocycles. The Morgan fingerprint density at radius 2 is 1.00 bits per heavy atom. The summed E-state index contributed by atoms with van der Waals surface area (Å²) in [6.07, 6.45) is 0. The van der Waals surface area contributed by atoms with E-state index in [1.165, 1.54) is 0 Å². The van der Waals surface area contributed by atoms with E-state index in [1.807, 2.05) is 0 Å². The molecule has 0 rings (SSSR count). The summed E-state index contributed by atoms with van der Waals surface area (Å²) in [5, 5.41) is 0. The molecular formula is H3AlAu2CrPtRuTi3. The fourth-order valence-corrected chi connectivity index (χ4v) is 0. The molecule has 0 nitrogen and oxygen atoms in total. The van der Waals surface area contributed by atoms with Gasteiger partial charge >= 0.3 is 48.0 Å². The molecule has 0 aliphatic heterocycles. The van der Waals surface area contributed by atoms with Crippen molar-refractivity contribution in [3.8, 4) is 0 Å². The Morgan fingerprint density at radius 3 is 1.00 bits per heavy atom. The molecule has 0 atom stereocenters. The fourth-order valence-electron chi connectivity index (χ4n) is 0. The predicted octanol–water partition coefficient (Wildman–Crippen LogP) is -1.20. The van der Waals surface area contributed by atoms with Crippen LogP contribution in [0.4, 0.5) is 0 Å². The molecule has 0 unspecified atom stereocenters. The van der Waals surface area contributed by atoms with Crippen LogP contribution < -0.4 is 0 Å². The molecule has 9 heavy (non-hydrogen) atoms. The molecule has 0 aromatic carbocycles. The molecule has 0 saturated heterocycles. The topological polar surface area (TPSA) is 0 Å². The average molecular weight is 916 g/mol. The van der Waals surface area contributed by atoms with Crippen LogP contribution in [0.3, 0.4) is 0 Å². The van der Waals surface area contributed by atoms with E-state index in [2.05, 4.69) is 35.6 Å². The molecule has 0 aliphatic rings. The van der Waals surface area contributed by atoms with Crippen LogP contribution in [0.1, 0.15) is 0 Å². The van der Waals surface area contributed by atoms with Gasteiger partial charge in [0.2, 0.25) is 0 Å². The van der Waals surface area contributed by atoms with Gasteiger partial charge in [-0.1, -0.05) is 0 Å². The third kappa shape index (κ3) is 56.0. The van der Waals surface area contributed by atoms with Crippen molar-refractivity contribution in [1.82, 2.24) is 0 Å².